The summed E-state index contributed by atoms with van der Waals surface area (Å²) in [6.07, 6.45) is 1.20. The molecule has 0 radical (unpaired) electrons. The van der Waals surface area contributed by atoms with E-state index in [1.165, 1.54) is 4.90 Å². The van der Waals surface area contributed by atoms with E-state index in [1.54, 1.807) is 31.4 Å². The molecule has 5 rings (SSSR count). The molecule has 0 unspecified atom stereocenters. The highest BCUT2D eigenvalue weighted by atomic mass is 16.5. The predicted octanol–water partition coefficient (Wildman–Crippen LogP) is 1.49. The molecule has 4 N–H and O–H groups in total. The van der Waals surface area contributed by atoms with Crippen LogP contribution in [0, 0.1) is 5.92 Å². The van der Waals surface area contributed by atoms with Crippen LogP contribution in [0.5, 0.6) is 5.75 Å². The van der Waals surface area contributed by atoms with Crippen molar-refractivity contribution in [3.63, 3.8) is 0 Å². The van der Waals surface area contributed by atoms with E-state index in [0.29, 0.717) is 42.9 Å². The standard InChI is InChI=1S/C28H30N4O6/c1-38-24-8-4-7-20-19(24)14-22(30-20)28(37)32-12-10-16-5-2-3-6-18(16)25(32)27(36)31-21(23(34)15-33)13-17-9-11-29-26(17)35/h2-8,14,17,21,25,30,33H,9-13,15H2,1H3,(H,29,35)(H,31,36)/t17-,21-,25-/m0/s1. The van der Waals surface area contributed by atoms with Gasteiger partial charge in [0.25, 0.3) is 5.91 Å². The van der Waals surface area contributed by atoms with Crippen LogP contribution in [0.4, 0.5) is 0 Å². The number of ether oxygens (including phenoxy) is 1. The molecule has 3 amide bonds. The summed E-state index contributed by atoms with van der Waals surface area (Å²) < 4.78 is 5.42. The van der Waals surface area contributed by atoms with Crippen LogP contribution in [0.2, 0.25) is 0 Å². The van der Waals surface area contributed by atoms with Crippen LogP contribution in [0.1, 0.15) is 40.5 Å². The van der Waals surface area contributed by atoms with Crippen LogP contribution in [-0.4, -0.2) is 71.3 Å². The first kappa shape index (κ1) is 25.5. The molecule has 10 nitrogen and oxygen atoms in total. The van der Waals surface area contributed by atoms with E-state index in [1.807, 2.05) is 24.3 Å². The molecule has 2 aliphatic rings. The lowest BCUT2D eigenvalue weighted by Gasteiger charge is -2.37. The lowest BCUT2D eigenvalue weighted by atomic mass is 9.90. The van der Waals surface area contributed by atoms with Crippen molar-refractivity contribution in [2.75, 3.05) is 26.8 Å². The molecule has 0 aliphatic carbocycles. The normalized spacial score (nSPS) is 19.5. The van der Waals surface area contributed by atoms with Gasteiger partial charge in [-0.2, -0.15) is 0 Å². The van der Waals surface area contributed by atoms with Gasteiger partial charge in [-0.1, -0.05) is 30.3 Å². The van der Waals surface area contributed by atoms with Gasteiger partial charge in [0.15, 0.2) is 5.78 Å². The van der Waals surface area contributed by atoms with Gasteiger partial charge < -0.3 is 30.4 Å². The maximum absolute atomic E-state index is 13.8. The van der Waals surface area contributed by atoms with Crippen LogP contribution in [-0.2, 0) is 20.8 Å². The Bertz CT molecular complexity index is 1400. The van der Waals surface area contributed by atoms with Crippen molar-refractivity contribution >= 4 is 34.4 Å². The molecule has 0 bridgehead atoms. The Morgan fingerprint density at radius 3 is 2.74 bits per heavy atom. The Kier molecular flexibility index (Phi) is 7.15. The van der Waals surface area contributed by atoms with Crippen molar-refractivity contribution in [2.45, 2.75) is 31.3 Å². The maximum Gasteiger partial charge on any atom is 0.271 e. The third-order valence-corrected chi connectivity index (χ3v) is 7.41. The molecule has 198 valence electrons. The molecule has 2 aromatic carbocycles. The van der Waals surface area contributed by atoms with Crippen LogP contribution in [0.15, 0.2) is 48.5 Å². The zero-order valence-corrected chi connectivity index (χ0v) is 21.0. The molecule has 38 heavy (non-hydrogen) atoms. The van der Waals surface area contributed by atoms with Crippen LogP contribution in [0.3, 0.4) is 0 Å². The third kappa shape index (κ3) is 4.74. The Morgan fingerprint density at radius 1 is 1.18 bits per heavy atom. The largest absolute Gasteiger partial charge is 0.496 e. The minimum absolute atomic E-state index is 0.0844. The number of hydrogen-bond acceptors (Lipinski definition) is 6. The van der Waals surface area contributed by atoms with Crippen LogP contribution < -0.4 is 15.4 Å². The quantitative estimate of drug-likeness (QED) is 0.356. The molecular weight excluding hydrogens is 488 g/mol. The molecule has 1 saturated heterocycles. The first-order valence-corrected chi connectivity index (χ1v) is 12.7. The van der Waals surface area contributed by atoms with E-state index < -0.39 is 36.3 Å². The van der Waals surface area contributed by atoms with Gasteiger partial charge in [-0.25, -0.2) is 0 Å². The number of carbonyl (C=O) groups is 4. The molecule has 0 spiro atoms. The fourth-order valence-electron chi connectivity index (χ4n) is 5.43. The van der Waals surface area contributed by atoms with Gasteiger partial charge in [0.05, 0.1) is 13.2 Å². The van der Waals surface area contributed by atoms with Crippen molar-refractivity contribution in [1.29, 1.82) is 0 Å². The van der Waals surface area contributed by atoms with E-state index in [4.69, 9.17) is 4.74 Å². The summed E-state index contributed by atoms with van der Waals surface area (Å²) in [5.41, 5.74) is 2.66. The van der Waals surface area contributed by atoms with Gasteiger partial charge >= 0.3 is 0 Å². The van der Waals surface area contributed by atoms with E-state index in [2.05, 4.69) is 15.6 Å². The average molecular weight is 519 g/mol. The van der Waals surface area contributed by atoms with E-state index >= 15 is 0 Å². The number of carbonyl (C=O) groups excluding carboxylic acids is 4. The van der Waals surface area contributed by atoms with Gasteiger partial charge in [0.1, 0.15) is 24.1 Å². The summed E-state index contributed by atoms with van der Waals surface area (Å²) >= 11 is 0. The zero-order chi connectivity index (χ0) is 26.8. The van der Waals surface area contributed by atoms with Gasteiger partial charge in [-0.05, 0) is 48.6 Å². The van der Waals surface area contributed by atoms with E-state index in [0.717, 1.165) is 16.5 Å². The highest BCUT2D eigenvalue weighted by Gasteiger charge is 2.39. The second kappa shape index (κ2) is 10.7. The number of aliphatic hydroxyl groups excluding tert-OH is 1. The van der Waals surface area contributed by atoms with Gasteiger partial charge in [0.2, 0.25) is 11.8 Å². The molecule has 2 aliphatic heterocycles. The number of hydrogen-bond donors (Lipinski definition) is 4. The molecule has 10 heteroatoms. The first-order chi connectivity index (χ1) is 18.4. The third-order valence-electron chi connectivity index (χ3n) is 7.41. The summed E-state index contributed by atoms with van der Waals surface area (Å²) in [6, 6.07) is 12.6. The fraction of sp³-hybridized carbons (Fsp3) is 0.357. The molecule has 1 aromatic heterocycles. The number of rotatable bonds is 8. The number of H-pyrrole nitrogens is 1. The average Bonchev–Trinajstić information content (AvgIpc) is 3.56. The lowest BCUT2D eigenvalue weighted by molar-refractivity contribution is -0.133. The topological polar surface area (TPSA) is 141 Å². The number of aromatic amines is 1. The number of nitrogens with zero attached hydrogens (tertiary/aromatic N) is 1. The highest BCUT2D eigenvalue weighted by Crippen LogP contribution is 2.33. The van der Waals surface area contributed by atoms with Gasteiger partial charge in [-0.15, -0.1) is 0 Å². The summed E-state index contributed by atoms with van der Waals surface area (Å²) in [4.78, 5) is 56.9. The lowest BCUT2D eigenvalue weighted by Crippen LogP contribution is -2.52. The molecule has 3 atom stereocenters. The van der Waals surface area contributed by atoms with Gasteiger partial charge in [-0.3, -0.25) is 19.2 Å². The fourth-order valence-corrected chi connectivity index (χ4v) is 5.43. The van der Waals surface area contributed by atoms with E-state index in [-0.39, 0.29) is 18.2 Å². The van der Waals surface area contributed by atoms with Crippen molar-refractivity contribution in [2.24, 2.45) is 5.92 Å². The van der Waals surface area contributed by atoms with Crippen molar-refractivity contribution in [3.05, 3.63) is 65.4 Å². The Labute approximate surface area is 219 Å². The van der Waals surface area contributed by atoms with Crippen molar-refractivity contribution in [3.8, 4) is 5.75 Å². The first-order valence-electron chi connectivity index (χ1n) is 12.7. The smallest absolute Gasteiger partial charge is 0.271 e. The minimum atomic E-state index is -1.05. The summed E-state index contributed by atoms with van der Waals surface area (Å²) in [5, 5.41) is 15.8. The molecule has 0 saturated carbocycles. The number of Topliss-reactive ketones (excluding diaryl/α,β-unsaturated/α-hetero) is 1. The van der Waals surface area contributed by atoms with E-state index in [9.17, 15) is 24.3 Å². The molecule has 3 aromatic rings. The maximum atomic E-state index is 13.8. The number of aliphatic hydroxyl groups is 1. The highest BCUT2D eigenvalue weighted by molar-refractivity contribution is 6.02. The second-order valence-corrected chi connectivity index (χ2v) is 9.65. The number of amides is 3. The number of ketones is 1. The van der Waals surface area contributed by atoms with Crippen LogP contribution in [0.25, 0.3) is 10.9 Å². The molecular formula is C28H30N4O6. The number of nitrogens with one attached hydrogen (secondary N) is 3. The molecule has 1 fully saturated rings. The Balaban J connectivity index is 1.46. The van der Waals surface area contributed by atoms with Crippen molar-refractivity contribution in [1.82, 2.24) is 20.5 Å². The predicted molar refractivity (Wildman–Crippen MR) is 139 cm³/mol. The Hall–Kier alpha value is -4.18. The van der Waals surface area contributed by atoms with Gasteiger partial charge in [0, 0.05) is 29.9 Å². The summed E-state index contributed by atoms with van der Waals surface area (Å²) in [6.45, 7) is 0.0369. The molecule has 3 heterocycles. The van der Waals surface area contributed by atoms with Crippen LogP contribution >= 0.6 is 0 Å². The SMILES string of the molecule is COc1cccc2[nH]c(C(=O)N3CCc4ccccc4[C@H]3C(=O)N[C@@H](C[C@@H]3CCNC3=O)C(=O)CO)cc12. The number of methoxy groups -OCH3 is 1. The number of aromatic nitrogens is 1. The number of benzene rings is 2. The summed E-state index contributed by atoms with van der Waals surface area (Å²) in [5.74, 6) is -1.47. The Morgan fingerprint density at radius 2 is 2.00 bits per heavy atom. The zero-order valence-electron chi connectivity index (χ0n) is 21.0. The number of fused-ring (bicyclic) bond motifs is 2. The minimum Gasteiger partial charge on any atom is -0.496 e. The van der Waals surface area contributed by atoms with Crippen molar-refractivity contribution < 1.29 is 29.0 Å². The second-order valence-electron chi connectivity index (χ2n) is 9.65. The summed E-state index contributed by atoms with van der Waals surface area (Å²) in [7, 11) is 1.56. The monoisotopic (exact) mass is 518 g/mol.